The van der Waals surface area contributed by atoms with E-state index in [-0.39, 0.29) is 29.0 Å². The van der Waals surface area contributed by atoms with Crippen molar-refractivity contribution in [2.45, 2.75) is 33.1 Å². The molecule has 2 aliphatic heterocycles. The molecule has 0 aliphatic carbocycles. The van der Waals surface area contributed by atoms with Crippen LogP contribution in [0.25, 0.3) is 0 Å². The van der Waals surface area contributed by atoms with Crippen LogP contribution in [0.4, 0.5) is 5.69 Å². The predicted molar refractivity (Wildman–Crippen MR) is 182 cm³/mol. The molecule has 5 aromatic rings. The Balaban J connectivity index is 1.04. The van der Waals surface area contributed by atoms with Crippen LogP contribution in [0.3, 0.4) is 0 Å². The Morgan fingerprint density at radius 3 is 1.40 bits per heavy atom. The first-order valence-corrected chi connectivity index (χ1v) is 15.6. The fourth-order valence-corrected chi connectivity index (χ4v) is 6.37. The van der Waals surface area contributed by atoms with E-state index in [9.17, 15) is 19.2 Å². The van der Waals surface area contributed by atoms with Crippen molar-refractivity contribution in [3.8, 4) is 23.0 Å². The molecule has 48 heavy (non-hydrogen) atoms. The molecule has 0 aromatic heterocycles. The van der Waals surface area contributed by atoms with Crippen LogP contribution < -0.4 is 14.4 Å². The van der Waals surface area contributed by atoms with Gasteiger partial charge < -0.3 is 9.47 Å². The number of anilines is 1. The third-order valence-corrected chi connectivity index (χ3v) is 9.21. The molecular formula is C40H32N2O6. The van der Waals surface area contributed by atoms with Gasteiger partial charge in [-0.1, -0.05) is 56.3 Å². The third kappa shape index (κ3) is 5.02. The number of nitrogens with zero attached hydrogens (tertiary/aromatic N) is 2. The molecule has 0 bridgehead atoms. The van der Waals surface area contributed by atoms with Gasteiger partial charge in [0, 0.05) is 12.5 Å². The Kier molecular flexibility index (Phi) is 7.24. The average molecular weight is 637 g/mol. The van der Waals surface area contributed by atoms with E-state index in [0.717, 1.165) is 27.2 Å². The summed E-state index contributed by atoms with van der Waals surface area (Å²) in [6, 6.07) is 31.1. The van der Waals surface area contributed by atoms with Crippen LogP contribution in [0.5, 0.6) is 23.0 Å². The Bertz CT molecular complexity index is 2150. The molecule has 0 spiro atoms. The van der Waals surface area contributed by atoms with Gasteiger partial charge in [-0.05, 0) is 96.8 Å². The highest BCUT2D eigenvalue weighted by atomic mass is 16.5. The molecule has 0 N–H and O–H groups in total. The first kappa shape index (κ1) is 30.6. The number of carbonyl (C=O) groups is 4. The summed E-state index contributed by atoms with van der Waals surface area (Å²) < 4.78 is 12.1. The number of imide groups is 2. The largest absolute Gasteiger partial charge is 0.457 e. The number of hydrogen-bond acceptors (Lipinski definition) is 6. The predicted octanol–water partition coefficient (Wildman–Crippen LogP) is 8.24. The van der Waals surface area contributed by atoms with Crippen LogP contribution in [-0.2, 0) is 5.41 Å². The summed E-state index contributed by atoms with van der Waals surface area (Å²) in [5.74, 6) is 0.795. The van der Waals surface area contributed by atoms with E-state index in [1.807, 2.05) is 80.6 Å². The molecule has 238 valence electrons. The number of fused-ring (bicyclic) bond motifs is 2. The van der Waals surface area contributed by atoms with E-state index in [2.05, 4.69) is 13.8 Å². The van der Waals surface area contributed by atoms with E-state index < -0.39 is 0 Å². The minimum absolute atomic E-state index is 0.314. The Hall–Kier alpha value is -6.02. The summed E-state index contributed by atoms with van der Waals surface area (Å²) in [5, 5.41) is 0. The summed E-state index contributed by atoms with van der Waals surface area (Å²) in [4.78, 5) is 53.6. The van der Waals surface area contributed by atoms with Gasteiger partial charge in [-0.2, -0.15) is 0 Å². The standard InChI is InChI=1S/C40H32N2O6/c1-23-7-6-8-24(2)35(23)42-38(45)32-20-18-30(22-34(32)39(42)46)48-28-15-11-26(12-16-28)40(3,4)25-9-13-27(14-10-25)47-29-17-19-31-33(21-29)37(44)41(5)36(31)43/h6-22H,1-5H3. The van der Waals surface area contributed by atoms with Crippen LogP contribution in [-0.4, -0.2) is 35.6 Å². The zero-order valence-electron chi connectivity index (χ0n) is 27.2. The lowest BCUT2D eigenvalue weighted by Gasteiger charge is -2.26. The molecular weight excluding hydrogens is 604 g/mol. The Morgan fingerprint density at radius 2 is 0.896 bits per heavy atom. The topological polar surface area (TPSA) is 93.2 Å². The minimum atomic E-state index is -0.363. The quantitative estimate of drug-likeness (QED) is 0.167. The van der Waals surface area contributed by atoms with Gasteiger partial charge in [0.25, 0.3) is 23.6 Å². The molecule has 0 atom stereocenters. The number of aryl methyl sites for hydroxylation is 2. The van der Waals surface area contributed by atoms with Crippen LogP contribution in [0, 0.1) is 13.8 Å². The molecule has 4 amide bonds. The molecule has 2 heterocycles. The number of amides is 4. The maximum Gasteiger partial charge on any atom is 0.266 e. The first-order chi connectivity index (χ1) is 22.9. The van der Waals surface area contributed by atoms with Crippen molar-refractivity contribution in [3.05, 3.63) is 148 Å². The van der Waals surface area contributed by atoms with Gasteiger partial charge >= 0.3 is 0 Å². The Morgan fingerprint density at radius 1 is 0.500 bits per heavy atom. The van der Waals surface area contributed by atoms with Gasteiger partial charge in [0.15, 0.2) is 0 Å². The van der Waals surface area contributed by atoms with E-state index >= 15 is 0 Å². The number of carbonyl (C=O) groups excluding carboxylic acids is 4. The van der Waals surface area contributed by atoms with Crippen molar-refractivity contribution < 1.29 is 28.7 Å². The molecule has 5 aromatic carbocycles. The minimum Gasteiger partial charge on any atom is -0.457 e. The summed E-state index contributed by atoms with van der Waals surface area (Å²) in [5.41, 5.74) is 5.50. The molecule has 0 saturated heterocycles. The zero-order chi connectivity index (χ0) is 33.9. The maximum atomic E-state index is 13.4. The SMILES string of the molecule is Cc1cccc(C)c1N1C(=O)c2ccc(Oc3ccc(C(C)(C)c4ccc(Oc5ccc6c(c5)C(=O)N(C)C6=O)cc4)cc3)cc2C1=O. The monoisotopic (exact) mass is 636 g/mol. The van der Waals surface area contributed by atoms with Gasteiger partial charge in [0.1, 0.15) is 23.0 Å². The molecule has 0 saturated carbocycles. The number of hydrogen-bond donors (Lipinski definition) is 0. The van der Waals surface area contributed by atoms with E-state index in [1.165, 1.54) is 11.9 Å². The molecule has 0 radical (unpaired) electrons. The smallest absolute Gasteiger partial charge is 0.266 e. The fraction of sp³-hybridized carbons (Fsp3) is 0.150. The van der Waals surface area contributed by atoms with E-state index in [1.54, 1.807) is 36.4 Å². The van der Waals surface area contributed by atoms with Crippen molar-refractivity contribution in [2.24, 2.45) is 0 Å². The lowest BCUT2D eigenvalue weighted by atomic mass is 9.78. The first-order valence-electron chi connectivity index (χ1n) is 15.6. The average Bonchev–Trinajstić information content (AvgIpc) is 3.44. The molecule has 8 nitrogen and oxygen atoms in total. The molecule has 0 fully saturated rings. The molecule has 0 unspecified atom stereocenters. The second kappa shape index (κ2) is 11.3. The van der Waals surface area contributed by atoms with Crippen molar-refractivity contribution in [1.29, 1.82) is 0 Å². The summed E-state index contributed by atoms with van der Waals surface area (Å²) in [6.45, 7) is 8.04. The van der Waals surface area contributed by atoms with Gasteiger partial charge in [-0.15, -0.1) is 0 Å². The second-order valence-electron chi connectivity index (χ2n) is 12.6. The maximum absolute atomic E-state index is 13.4. The van der Waals surface area contributed by atoms with Gasteiger partial charge in [0.05, 0.1) is 27.9 Å². The van der Waals surface area contributed by atoms with Gasteiger partial charge in [-0.3, -0.25) is 24.1 Å². The van der Waals surface area contributed by atoms with E-state index in [0.29, 0.717) is 50.9 Å². The van der Waals surface area contributed by atoms with Crippen molar-refractivity contribution in [1.82, 2.24) is 4.90 Å². The highest BCUT2D eigenvalue weighted by molar-refractivity contribution is 6.35. The summed E-state index contributed by atoms with van der Waals surface area (Å²) in [6.07, 6.45) is 0. The number of rotatable bonds is 7. The van der Waals surface area contributed by atoms with Gasteiger partial charge in [-0.25, -0.2) is 4.90 Å². The van der Waals surface area contributed by atoms with Crippen molar-refractivity contribution >= 4 is 29.3 Å². The van der Waals surface area contributed by atoms with Crippen LogP contribution in [0.1, 0.15) is 77.5 Å². The van der Waals surface area contributed by atoms with Crippen LogP contribution >= 0.6 is 0 Å². The molecule has 2 aliphatic rings. The van der Waals surface area contributed by atoms with Crippen molar-refractivity contribution in [3.63, 3.8) is 0 Å². The third-order valence-electron chi connectivity index (χ3n) is 9.21. The normalized spacial score (nSPS) is 14.0. The number of ether oxygens (including phenoxy) is 2. The number of para-hydroxylation sites is 1. The van der Waals surface area contributed by atoms with Crippen LogP contribution in [0.15, 0.2) is 103 Å². The van der Waals surface area contributed by atoms with Crippen molar-refractivity contribution in [2.75, 3.05) is 11.9 Å². The molecule has 7 rings (SSSR count). The van der Waals surface area contributed by atoms with E-state index in [4.69, 9.17) is 9.47 Å². The summed E-state index contributed by atoms with van der Waals surface area (Å²) >= 11 is 0. The Labute approximate surface area is 278 Å². The molecule has 8 heteroatoms. The second-order valence-corrected chi connectivity index (χ2v) is 12.6. The highest BCUT2D eigenvalue weighted by Crippen LogP contribution is 2.37. The van der Waals surface area contributed by atoms with Crippen LogP contribution in [0.2, 0.25) is 0 Å². The van der Waals surface area contributed by atoms with Gasteiger partial charge in [0.2, 0.25) is 0 Å². The zero-order valence-corrected chi connectivity index (χ0v) is 27.2. The lowest BCUT2D eigenvalue weighted by molar-refractivity contribution is 0.0692. The lowest BCUT2D eigenvalue weighted by Crippen LogP contribution is -2.30. The fourth-order valence-electron chi connectivity index (χ4n) is 6.37. The number of benzene rings is 5. The summed E-state index contributed by atoms with van der Waals surface area (Å²) in [7, 11) is 1.47. The highest BCUT2D eigenvalue weighted by Gasteiger charge is 2.38.